The number of aliphatic hydroxyl groups is 3. The molecule has 1 saturated heterocycles. The van der Waals surface area contributed by atoms with Crippen LogP contribution in [0, 0.1) is 0 Å². The number of likely N-dealkylation sites (tertiary alicyclic amines) is 1. The number of nitrogens with zero attached hydrogens (tertiary/aromatic N) is 1. The fourth-order valence-corrected chi connectivity index (χ4v) is 2.37. The fourth-order valence-electron chi connectivity index (χ4n) is 2.37. The van der Waals surface area contributed by atoms with E-state index in [0.29, 0.717) is 0 Å². The lowest BCUT2D eigenvalue weighted by Gasteiger charge is -2.46. The maximum Gasteiger partial charge on any atom is 0.153 e. The normalized spacial score (nSPS) is 25.2. The number of hydrogen-bond donors (Lipinski definition) is 4. The molecular formula is C12H18N2O9-2. The Morgan fingerprint density at radius 1 is 1.17 bits per heavy atom. The number of carboxylic acid groups (broad SMARTS) is 3. The summed E-state index contributed by atoms with van der Waals surface area (Å²) in [5.74, 6) is -4.87. The molecule has 0 aromatic heterocycles. The standard InChI is InChI=1S/C12H20N2O9/c15-5(10(18)19)1-2-13-8(11(20)21)6(16)3-14-4-7(17)9(14)12(22)23/h5-9,13,15-17H,1-4H2,(H,18,19)(H,20,21)(H,22,23)/p-2/t5-,6-,7-,8-,9-/m0/s1. The fraction of sp³-hybridized carbons (Fsp3) is 0.750. The highest BCUT2D eigenvalue weighted by Gasteiger charge is 2.41. The van der Waals surface area contributed by atoms with Crippen molar-refractivity contribution in [3.63, 3.8) is 0 Å². The predicted octanol–water partition coefficient (Wildman–Crippen LogP) is -8.67. The molecule has 0 saturated carbocycles. The SMILES string of the molecule is O=C([O-])[C@@H]([NH2+]CC[C@H](O)C(=O)[O-])[C@@H](O)CN1C[C@H](O)[C@H]1C(=O)[O-]. The molecule has 132 valence electrons. The van der Waals surface area contributed by atoms with Gasteiger partial charge in [-0.2, -0.15) is 0 Å². The predicted molar refractivity (Wildman–Crippen MR) is 63.6 cm³/mol. The molecule has 5 N–H and O–H groups in total. The summed E-state index contributed by atoms with van der Waals surface area (Å²) in [5, 5.41) is 61.4. The Balaban J connectivity index is 2.52. The van der Waals surface area contributed by atoms with E-state index in [1.165, 1.54) is 0 Å². The topological polar surface area (TPSA) is 201 Å². The first-order chi connectivity index (χ1) is 10.6. The van der Waals surface area contributed by atoms with E-state index < -0.39 is 48.3 Å². The first-order valence-electron chi connectivity index (χ1n) is 6.89. The Labute approximate surface area is 130 Å². The van der Waals surface area contributed by atoms with Crippen molar-refractivity contribution in [3.05, 3.63) is 0 Å². The Kier molecular flexibility index (Phi) is 6.84. The number of carboxylic acids is 3. The highest BCUT2D eigenvalue weighted by Crippen LogP contribution is 2.18. The van der Waals surface area contributed by atoms with Gasteiger partial charge in [0.2, 0.25) is 0 Å². The van der Waals surface area contributed by atoms with Crippen molar-refractivity contribution >= 4 is 17.9 Å². The van der Waals surface area contributed by atoms with Gasteiger partial charge in [0.15, 0.2) is 6.04 Å². The molecule has 1 fully saturated rings. The van der Waals surface area contributed by atoms with Gasteiger partial charge in [-0.1, -0.05) is 0 Å². The average molecular weight is 334 g/mol. The van der Waals surface area contributed by atoms with Gasteiger partial charge in [-0.05, 0) is 0 Å². The molecule has 1 rings (SSSR count). The Morgan fingerprint density at radius 3 is 2.22 bits per heavy atom. The smallest absolute Gasteiger partial charge is 0.153 e. The van der Waals surface area contributed by atoms with Gasteiger partial charge in [0.1, 0.15) is 12.1 Å². The highest BCUT2D eigenvalue weighted by molar-refractivity contribution is 5.73. The van der Waals surface area contributed by atoms with Crippen LogP contribution < -0.4 is 20.6 Å². The van der Waals surface area contributed by atoms with Gasteiger partial charge in [0.25, 0.3) is 0 Å². The van der Waals surface area contributed by atoms with Gasteiger partial charge in [-0.25, -0.2) is 0 Å². The molecule has 1 aliphatic heterocycles. The number of aliphatic hydroxyl groups excluding tert-OH is 3. The molecule has 0 unspecified atom stereocenters. The summed E-state index contributed by atoms with van der Waals surface area (Å²) in [5.41, 5.74) is 0. The Bertz CT molecular complexity index is 458. The van der Waals surface area contributed by atoms with Crippen LogP contribution in [0.25, 0.3) is 0 Å². The molecule has 0 amide bonds. The third-order valence-electron chi connectivity index (χ3n) is 3.66. The van der Waals surface area contributed by atoms with E-state index in [1.807, 2.05) is 0 Å². The van der Waals surface area contributed by atoms with E-state index in [4.69, 9.17) is 5.11 Å². The molecule has 0 aromatic carbocycles. The lowest BCUT2D eigenvalue weighted by molar-refractivity contribution is -0.691. The molecule has 0 bridgehead atoms. The van der Waals surface area contributed by atoms with Crippen LogP contribution in [0.4, 0.5) is 0 Å². The lowest BCUT2D eigenvalue weighted by Crippen LogP contribution is -2.96. The Hall–Kier alpha value is -1.79. The summed E-state index contributed by atoms with van der Waals surface area (Å²) < 4.78 is 0. The maximum absolute atomic E-state index is 11.0. The summed E-state index contributed by atoms with van der Waals surface area (Å²) in [4.78, 5) is 33.3. The number of rotatable bonds is 10. The number of carbonyl (C=O) groups excluding carboxylic acids is 3. The number of quaternary nitrogens is 1. The highest BCUT2D eigenvalue weighted by atomic mass is 16.4. The molecule has 1 aliphatic rings. The van der Waals surface area contributed by atoms with Gasteiger partial charge in [0, 0.05) is 19.5 Å². The van der Waals surface area contributed by atoms with E-state index in [1.54, 1.807) is 0 Å². The van der Waals surface area contributed by atoms with Crippen molar-refractivity contribution in [1.29, 1.82) is 0 Å². The molecule has 0 aromatic rings. The summed E-state index contributed by atoms with van der Waals surface area (Å²) >= 11 is 0. The summed E-state index contributed by atoms with van der Waals surface area (Å²) in [6.45, 7) is -0.551. The zero-order chi connectivity index (χ0) is 17.7. The second kappa shape index (κ2) is 8.17. The third kappa shape index (κ3) is 5.11. The minimum absolute atomic E-state index is 0.0567. The first kappa shape index (κ1) is 19.3. The zero-order valence-corrected chi connectivity index (χ0v) is 12.0. The average Bonchev–Trinajstić information content (AvgIpc) is 2.40. The molecular weight excluding hydrogens is 316 g/mol. The molecule has 23 heavy (non-hydrogen) atoms. The van der Waals surface area contributed by atoms with Crippen LogP contribution in [-0.4, -0.2) is 88.2 Å². The van der Waals surface area contributed by atoms with Gasteiger partial charge >= 0.3 is 0 Å². The summed E-state index contributed by atoms with van der Waals surface area (Å²) in [6, 6.07) is -2.82. The maximum atomic E-state index is 11.0. The van der Waals surface area contributed by atoms with Gasteiger partial charge in [-0.3, -0.25) is 4.90 Å². The Morgan fingerprint density at radius 2 is 1.78 bits per heavy atom. The van der Waals surface area contributed by atoms with Crippen molar-refractivity contribution in [2.75, 3.05) is 19.6 Å². The molecule has 0 spiro atoms. The van der Waals surface area contributed by atoms with Crippen molar-refractivity contribution in [2.45, 2.75) is 36.8 Å². The monoisotopic (exact) mass is 334 g/mol. The van der Waals surface area contributed by atoms with E-state index in [9.17, 15) is 39.9 Å². The molecule has 11 nitrogen and oxygen atoms in total. The lowest BCUT2D eigenvalue weighted by atomic mass is 9.97. The second-order valence-corrected chi connectivity index (χ2v) is 5.35. The van der Waals surface area contributed by atoms with Crippen molar-refractivity contribution in [2.24, 2.45) is 0 Å². The van der Waals surface area contributed by atoms with Crippen molar-refractivity contribution in [3.8, 4) is 0 Å². The molecule has 0 radical (unpaired) electrons. The number of carbonyl (C=O) groups is 3. The van der Waals surface area contributed by atoms with E-state index in [2.05, 4.69) is 0 Å². The van der Waals surface area contributed by atoms with Gasteiger partial charge in [-0.15, -0.1) is 0 Å². The zero-order valence-electron chi connectivity index (χ0n) is 12.0. The third-order valence-corrected chi connectivity index (χ3v) is 3.66. The van der Waals surface area contributed by atoms with Crippen LogP contribution in [0.2, 0.25) is 0 Å². The van der Waals surface area contributed by atoms with E-state index >= 15 is 0 Å². The van der Waals surface area contributed by atoms with Crippen LogP contribution in [0.1, 0.15) is 6.42 Å². The van der Waals surface area contributed by atoms with E-state index in [-0.39, 0.29) is 26.1 Å². The van der Waals surface area contributed by atoms with Crippen LogP contribution in [0.5, 0.6) is 0 Å². The molecule has 1 heterocycles. The second-order valence-electron chi connectivity index (χ2n) is 5.35. The van der Waals surface area contributed by atoms with Crippen LogP contribution in [0.15, 0.2) is 0 Å². The minimum atomic E-state index is -1.77. The number of nitrogens with two attached hydrogens (primary N) is 1. The summed E-state index contributed by atoms with van der Waals surface area (Å²) in [7, 11) is 0. The van der Waals surface area contributed by atoms with Crippen LogP contribution in [0.3, 0.4) is 0 Å². The largest absolute Gasteiger partial charge is 0.548 e. The van der Waals surface area contributed by atoms with Crippen molar-refractivity contribution in [1.82, 2.24) is 4.90 Å². The van der Waals surface area contributed by atoms with Gasteiger partial charge < -0.3 is 50.3 Å². The number of β-amino-alcohol motifs (C(OH)–C–C–N with tert-alkyl or cyclic N) is 2. The van der Waals surface area contributed by atoms with Crippen molar-refractivity contribution < 1.29 is 50.3 Å². The van der Waals surface area contributed by atoms with Crippen LogP contribution >= 0.6 is 0 Å². The quantitative estimate of drug-likeness (QED) is 0.297. The molecule has 5 atom stereocenters. The van der Waals surface area contributed by atoms with Crippen LogP contribution in [-0.2, 0) is 14.4 Å². The molecule has 11 heteroatoms. The first-order valence-corrected chi connectivity index (χ1v) is 6.89. The minimum Gasteiger partial charge on any atom is -0.548 e. The number of hydrogen-bond acceptors (Lipinski definition) is 10. The van der Waals surface area contributed by atoms with E-state index in [0.717, 1.165) is 10.2 Å². The molecule has 0 aliphatic carbocycles. The summed E-state index contributed by atoms with van der Waals surface area (Å²) in [6.07, 6.45) is -4.76. The number of aliphatic carboxylic acids is 3. The van der Waals surface area contributed by atoms with Gasteiger partial charge in [0.05, 0.1) is 36.7 Å².